The second-order valence-corrected chi connectivity index (χ2v) is 6.32. The fourth-order valence-electron chi connectivity index (χ4n) is 2.44. The number of esters is 1. The van der Waals surface area contributed by atoms with Crippen LogP contribution in [-0.4, -0.2) is 32.7 Å². The molecule has 28 heavy (non-hydrogen) atoms. The maximum Gasteiger partial charge on any atom is 0.387 e. The molecule has 0 spiro atoms. The minimum absolute atomic E-state index is 0.00584. The molecular weight excluding hydrogens is 440 g/mol. The molecule has 2 aromatic carbocycles. The van der Waals surface area contributed by atoms with Crippen LogP contribution in [-0.2, 0) is 9.53 Å². The van der Waals surface area contributed by atoms with E-state index in [1.807, 2.05) is 0 Å². The number of aliphatic imine (C=N–C) groups is 1. The predicted molar refractivity (Wildman–Crippen MR) is 101 cm³/mol. The van der Waals surface area contributed by atoms with Crippen LogP contribution in [0.2, 0.25) is 0 Å². The van der Waals surface area contributed by atoms with E-state index in [9.17, 15) is 13.6 Å². The summed E-state index contributed by atoms with van der Waals surface area (Å²) in [6.45, 7) is -2.91. The van der Waals surface area contributed by atoms with Crippen molar-refractivity contribution in [1.29, 1.82) is 0 Å². The summed E-state index contributed by atoms with van der Waals surface area (Å²) in [5.74, 6) is 0.443. The molecule has 6 nitrogen and oxygen atoms in total. The molecule has 1 aliphatic heterocycles. The third-order valence-electron chi connectivity index (χ3n) is 3.74. The summed E-state index contributed by atoms with van der Waals surface area (Å²) >= 11 is 3.41. The summed E-state index contributed by atoms with van der Waals surface area (Å²) in [4.78, 5) is 16.4. The van der Waals surface area contributed by atoms with Crippen molar-refractivity contribution in [2.75, 3.05) is 14.2 Å². The van der Waals surface area contributed by atoms with Gasteiger partial charge in [0.1, 0.15) is 5.75 Å². The van der Waals surface area contributed by atoms with Crippen LogP contribution in [0, 0.1) is 0 Å². The number of rotatable bonds is 6. The molecule has 0 radical (unpaired) electrons. The van der Waals surface area contributed by atoms with Crippen LogP contribution in [0.5, 0.6) is 17.2 Å². The van der Waals surface area contributed by atoms with Crippen LogP contribution in [0.25, 0.3) is 6.08 Å². The van der Waals surface area contributed by atoms with Crippen LogP contribution in [0.15, 0.2) is 51.6 Å². The second kappa shape index (κ2) is 8.39. The highest BCUT2D eigenvalue weighted by Crippen LogP contribution is 2.35. The first-order valence-electron chi connectivity index (χ1n) is 7.90. The number of nitrogens with zero attached hydrogens (tertiary/aromatic N) is 1. The van der Waals surface area contributed by atoms with Crippen molar-refractivity contribution in [3.05, 3.63) is 57.7 Å². The first kappa shape index (κ1) is 19.8. The highest BCUT2D eigenvalue weighted by Gasteiger charge is 2.25. The zero-order valence-corrected chi connectivity index (χ0v) is 16.3. The molecule has 0 saturated heterocycles. The van der Waals surface area contributed by atoms with Gasteiger partial charge in [-0.15, -0.1) is 0 Å². The highest BCUT2D eigenvalue weighted by molar-refractivity contribution is 9.10. The molecule has 0 aliphatic carbocycles. The van der Waals surface area contributed by atoms with Gasteiger partial charge in [-0.25, -0.2) is 9.79 Å². The van der Waals surface area contributed by atoms with E-state index in [1.54, 1.807) is 12.1 Å². The lowest BCUT2D eigenvalue weighted by atomic mass is 10.1. The van der Waals surface area contributed by atoms with Crippen molar-refractivity contribution in [3.8, 4) is 17.2 Å². The van der Waals surface area contributed by atoms with Gasteiger partial charge in [0.05, 0.1) is 14.2 Å². The Morgan fingerprint density at radius 1 is 1.11 bits per heavy atom. The minimum atomic E-state index is -2.91. The quantitative estimate of drug-likeness (QED) is 0.478. The molecule has 0 N–H and O–H groups in total. The van der Waals surface area contributed by atoms with E-state index in [4.69, 9.17) is 14.2 Å². The average Bonchev–Trinajstić information content (AvgIpc) is 3.03. The summed E-state index contributed by atoms with van der Waals surface area (Å²) in [7, 11) is 3.02. The second-order valence-electron chi connectivity index (χ2n) is 5.47. The molecule has 0 bridgehead atoms. The van der Waals surface area contributed by atoms with Crippen molar-refractivity contribution in [1.82, 2.24) is 0 Å². The Morgan fingerprint density at radius 3 is 2.36 bits per heavy atom. The maximum atomic E-state index is 12.2. The largest absolute Gasteiger partial charge is 0.493 e. The highest BCUT2D eigenvalue weighted by atomic mass is 79.9. The fourth-order valence-corrected chi connectivity index (χ4v) is 2.88. The molecule has 0 unspecified atom stereocenters. The Bertz CT molecular complexity index is 958. The zero-order chi connectivity index (χ0) is 20.3. The van der Waals surface area contributed by atoms with Gasteiger partial charge in [0.15, 0.2) is 17.2 Å². The summed E-state index contributed by atoms with van der Waals surface area (Å²) in [6, 6.07) is 9.01. The Morgan fingerprint density at radius 2 is 1.75 bits per heavy atom. The van der Waals surface area contributed by atoms with Crippen LogP contribution >= 0.6 is 15.9 Å². The monoisotopic (exact) mass is 453 g/mol. The third kappa shape index (κ3) is 4.30. The summed E-state index contributed by atoms with van der Waals surface area (Å²) < 4.78 is 45.1. The van der Waals surface area contributed by atoms with Crippen LogP contribution < -0.4 is 14.2 Å². The first-order chi connectivity index (χ1) is 13.4. The Kier molecular flexibility index (Phi) is 5.93. The van der Waals surface area contributed by atoms with Gasteiger partial charge in [-0.3, -0.25) is 0 Å². The number of halogens is 3. The predicted octanol–water partition coefficient (Wildman–Crippen LogP) is 4.41. The van der Waals surface area contributed by atoms with Crippen molar-refractivity contribution < 1.29 is 32.5 Å². The van der Waals surface area contributed by atoms with Crippen molar-refractivity contribution in [3.63, 3.8) is 0 Å². The number of ether oxygens (including phenoxy) is 4. The molecule has 1 heterocycles. The minimum Gasteiger partial charge on any atom is -0.493 e. The zero-order valence-electron chi connectivity index (χ0n) is 14.7. The van der Waals surface area contributed by atoms with Gasteiger partial charge in [-0.05, 0) is 48.0 Å². The molecule has 0 atom stereocenters. The van der Waals surface area contributed by atoms with Crippen molar-refractivity contribution in [2.45, 2.75) is 6.61 Å². The van der Waals surface area contributed by atoms with Gasteiger partial charge < -0.3 is 18.9 Å². The smallest absolute Gasteiger partial charge is 0.387 e. The van der Waals surface area contributed by atoms with E-state index in [0.29, 0.717) is 27.1 Å². The van der Waals surface area contributed by atoms with Crippen LogP contribution in [0.1, 0.15) is 11.1 Å². The number of hydrogen-bond donors (Lipinski definition) is 0. The summed E-state index contributed by atoms with van der Waals surface area (Å²) in [5, 5.41) is 0. The van der Waals surface area contributed by atoms with E-state index in [1.165, 1.54) is 44.6 Å². The standard InChI is InChI=1S/C19H14BrF2NO5/c1-25-15-8-11(13(20)9-16(15)26-2)7-14-18(24)28-17(23-14)10-3-5-12(6-4-10)27-19(21)22/h3-9,19H,1-2H3/b14-7-. The number of carbonyl (C=O) groups is 1. The number of benzene rings is 2. The molecule has 9 heteroatoms. The average molecular weight is 454 g/mol. The number of carbonyl (C=O) groups excluding carboxylic acids is 1. The van der Waals surface area contributed by atoms with Gasteiger partial charge in [-0.1, -0.05) is 15.9 Å². The van der Waals surface area contributed by atoms with E-state index >= 15 is 0 Å². The fraction of sp³-hybridized carbons (Fsp3) is 0.158. The maximum absolute atomic E-state index is 12.2. The number of cyclic esters (lactones) is 1. The Labute approximate surface area is 167 Å². The third-order valence-corrected chi connectivity index (χ3v) is 4.43. The summed E-state index contributed by atoms with van der Waals surface area (Å²) in [5.41, 5.74) is 1.16. The molecule has 2 aromatic rings. The van der Waals surface area contributed by atoms with Crippen molar-refractivity contribution in [2.24, 2.45) is 4.99 Å². The molecule has 146 valence electrons. The molecular formula is C19H14BrF2NO5. The van der Waals surface area contributed by atoms with E-state index in [2.05, 4.69) is 25.7 Å². The van der Waals surface area contributed by atoms with Gasteiger partial charge >= 0.3 is 12.6 Å². The van der Waals surface area contributed by atoms with E-state index in [-0.39, 0.29) is 17.3 Å². The van der Waals surface area contributed by atoms with Crippen LogP contribution in [0.4, 0.5) is 8.78 Å². The van der Waals surface area contributed by atoms with Crippen LogP contribution in [0.3, 0.4) is 0 Å². The molecule has 1 aliphatic rings. The SMILES string of the molecule is COc1cc(Br)c(/C=C2\N=C(c3ccc(OC(F)F)cc3)OC2=O)cc1OC. The Balaban J connectivity index is 1.89. The lowest BCUT2D eigenvalue weighted by molar-refractivity contribution is -0.129. The first-order valence-corrected chi connectivity index (χ1v) is 8.70. The number of alkyl halides is 2. The number of methoxy groups -OCH3 is 2. The lowest BCUT2D eigenvalue weighted by Gasteiger charge is -2.09. The molecule has 0 amide bonds. The Hall–Kier alpha value is -2.94. The van der Waals surface area contributed by atoms with Gasteiger partial charge in [0.2, 0.25) is 5.90 Å². The lowest BCUT2D eigenvalue weighted by Crippen LogP contribution is -2.06. The van der Waals surface area contributed by atoms with Crippen molar-refractivity contribution >= 4 is 33.9 Å². The topological polar surface area (TPSA) is 66.3 Å². The summed E-state index contributed by atoms with van der Waals surface area (Å²) in [6.07, 6.45) is 1.54. The number of hydrogen-bond acceptors (Lipinski definition) is 6. The van der Waals surface area contributed by atoms with E-state index < -0.39 is 12.6 Å². The molecule has 0 aromatic heterocycles. The van der Waals surface area contributed by atoms with Gasteiger partial charge in [0, 0.05) is 10.0 Å². The normalized spacial score (nSPS) is 14.9. The van der Waals surface area contributed by atoms with Gasteiger partial charge in [-0.2, -0.15) is 8.78 Å². The molecule has 0 saturated carbocycles. The molecule has 0 fully saturated rings. The van der Waals surface area contributed by atoms with Gasteiger partial charge in [0.25, 0.3) is 0 Å². The molecule has 3 rings (SSSR count). The van der Waals surface area contributed by atoms with E-state index in [0.717, 1.165) is 0 Å².